The Morgan fingerprint density at radius 2 is 0.889 bits per heavy atom. The summed E-state index contributed by atoms with van der Waals surface area (Å²) >= 11 is 4.80. The number of nitrogen functional groups attached to an aromatic ring is 2. The van der Waals surface area contributed by atoms with Crippen LogP contribution in [-0.4, -0.2) is 0 Å². The predicted octanol–water partition coefficient (Wildman–Crippen LogP) is 4.41. The Bertz CT molecular complexity index is 449. The quantitative estimate of drug-likeness (QED) is 0.499. The number of halogens is 8. The van der Waals surface area contributed by atoms with Gasteiger partial charge in [-0.1, -0.05) is 0 Å². The number of hydrogen-bond donors (Lipinski definition) is 2. The van der Waals surface area contributed by atoms with Crippen LogP contribution in [0.15, 0.2) is 8.95 Å². The second-order valence-corrected chi connectivity index (χ2v) is 4.79. The summed E-state index contributed by atoms with van der Waals surface area (Å²) in [7, 11) is 0. The van der Waals surface area contributed by atoms with Crippen LogP contribution in [0.2, 0.25) is 0 Å². The molecule has 0 amide bonds. The molecule has 0 aliphatic carbocycles. The predicted molar refractivity (Wildman–Crippen MR) is 60.7 cm³/mol. The number of benzene rings is 1. The summed E-state index contributed by atoms with van der Waals surface area (Å²) in [5.74, 6) is 0. The van der Waals surface area contributed by atoms with Gasteiger partial charge in [0.15, 0.2) is 0 Å². The molecule has 102 valence electrons. The third-order valence-electron chi connectivity index (χ3n) is 2.02. The molecule has 1 aromatic carbocycles. The summed E-state index contributed by atoms with van der Waals surface area (Å²) in [5.41, 5.74) is 5.41. The lowest BCUT2D eigenvalue weighted by Crippen LogP contribution is -2.20. The van der Waals surface area contributed by atoms with Crippen molar-refractivity contribution in [1.82, 2.24) is 0 Å². The van der Waals surface area contributed by atoms with Crippen LogP contribution in [0, 0.1) is 0 Å². The van der Waals surface area contributed by atoms with E-state index < -0.39 is 43.8 Å². The molecule has 0 atom stereocenters. The number of nitrogens with two attached hydrogens (primary N) is 2. The lowest BCUT2D eigenvalue weighted by atomic mass is 10.0. The molecular formula is C8H4Br2F6N2. The van der Waals surface area contributed by atoms with Gasteiger partial charge in [-0.15, -0.1) is 0 Å². The standard InChI is InChI=1S/C8H4Br2F6N2/c9-3-1(7(11,12)13)2(8(14,15)16)4(10)6(18)5(3)17/h17-18H2. The van der Waals surface area contributed by atoms with Crippen LogP contribution in [0.25, 0.3) is 0 Å². The topological polar surface area (TPSA) is 52.0 Å². The number of hydrogen-bond acceptors (Lipinski definition) is 2. The van der Waals surface area contributed by atoms with Crippen molar-refractivity contribution in [3.8, 4) is 0 Å². The van der Waals surface area contributed by atoms with E-state index in [1.165, 1.54) is 0 Å². The highest BCUT2D eigenvalue weighted by atomic mass is 79.9. The molecule has 0 aliphatic rings. The molecule has 0 heterocycles. The molecule has 0 bridgehead atoms. The van der Waals surface area contributed by atoms with E-state index in [4.69, 9.17) is 11.5 Å². The molecule has 0 aliphatic heterocycles. The first-order chi connectivity index (χ1) is 7.89. The van der Waals surface area contributed by atoms with E-state index in [1.54, 1.807) is 0 Å². The molecule has 0 saturated heterocycles. The minimum atomic E-state index is -5.23. The van der Waals surface area contributed by atoms with Crippen LogP contribution < -0.4 is 11.5 Å². The highest BCUT2D eigenvalue weighted by Crippen LogP contribution is 2.51. The van der Waals surface area contributed by atoms with Crippen LogP contribution in [-0.2, 0) is 12.4 Å². The van der Waals surface area contributed by atoms with Crippen molar-refractivity contribution in [1.29, 1.82) is 0 Å². The Morgan fingerprint density at radius 3 is 1.06 bits per heavy atom. The molecule has 10 heteroatoms. The van der Waals surface area contributed by atoms with Gasteiger partial charge in [-0.25, -0.2) is 0 Å². The van der Waals surface area contributed by atoms with Crippen LogP contribution in [0.1, 0.15) is 11.1 Å². The molecule has 0 radical (unpaired) electrons. The Labute approximate surface area is 114 Å². The average Bonchev–Trinajstić information content (AvgIpc) is 2.16. The zero-order chi connectivity index (χ0) is 14.5. The summed E-state index contributed by atoms with van der Waals surface area (Å²) in [6.07, 6.45) is -10.5. The van der Waals surface area contributed by atoms with Gasteiger partial charge in [-0.2, -0.15) is 26.3 Å². The monoisotopic (exact) mass is 400 g/mol. The Balaban J connectivity index is 3.89. The third kappa shape index (κ3) is 2.53. The molecular weight excluding hydrogens is 398 g/mol. The third-order valence-corrected chi connectivity index (χ3v) is 3.67. The Morgan fingerprint density at radius 1 is 0.667 bits per heavy atom. The molecule has 0 unspecified atom stereocenters. The minimum Gasteiger partial charge on any atom is -0.396 e. The van der Waals surface area contributed by atoms with Crippen molar-refractivity contribution >= 4 is 43.2 Å². The molecule has 18 heavy (non-hydrogen) atoms. The van der Waals surface area contributed by atoms with Gasteiger partial charge in [-0.3, -0.25) is 0 Å². The van der Waals surface area contributed by atoms with E-state index in [-0.39, 0.29) is 0 Å². The Hall–Kier alpha value is -0.640. The fourth-order valence-electron chi connectivity index (χ4n) is 1.26. The van der Waals surface area contributed by atoms with Gasteiger partial charge in [0.1, 0.15) is 0 Å². The fourth-order valence-corrected chi connectivity index (χ4v) is 2.53. The smallest absolute Gasteiger partial charge is 0.396 e. The van der Waals surface area contributed by atoms with Gasteiger partial charge in [0.2, 0.25) is 0 Å². The molecule has 2 nitrogen and oxygen atoms in total. The van der Waals surface area contributed by atoms with Gasteiger partial charge in [0.25, 0.3) is 0 Å². The lowest BCUT2D eigenvalue weighted by Gasteiger charge is -2.21. The molecule has 0 saturated carbocycles. The van der Waals surface area contributed by atoms with Crippen molar-refractivity contribution < 1.29 is 26.3 Å². The van der Waals surface area contributed by atoms with Gasteiger partial charge in [0, 0.05) is 0 Å². The molecule has 1 aromatic rings. The second-order valence-electron chi connectivity index (χ2n) is 3.20. The highest BCUT2D eigenvalue weighted by Gasteiger charge is 2.47. The molecule has 0 spiro atoms. The molecule has 4 N–H and O–H groups in total. The number of anilines is 2. The Kier molecular flexibility index (Phi) is 3.84. The first-order valence-corrected chi connectivity index (χ1v) is 5.68. The van der Waals surface area contributed by atoms with E-state index in [0.29, 0.717) is 0 Å². The summed E-state index contributed by atoms with van der Waals surface area (Å²) < 4.78 is 74.2. The van der Waals surface area contributed by atoms with Gasteiger partial charge < -0.3 is 11.5 Å². The second kappa shape index (κ2) is 4.48. The molecule has 0 fully saturated rings. The van der Waals surface area contributed by atoms with E-state index in [0.717, 1.165) is 0 Å². The first-order valence-electron chi connectivity index (χ1n) is 4.09. The maximum Gasteiger partial charge on any atom is 0.418 e. The SMILES string of the molecule is Nc1c(N)c(Br)c(C(F)(F)F)c(C(F)(F)F)c1Br. The minimum absolute atomic E-state index is 0.609. The maximum atomic E-state index is 12.7. The maximum absolute atomic E-state index is 12.7. The summed E-state index contributed by atoms with van der Waals surface area (Å²) in [4.78, 5) is 0. The zero-order valence-electron chi connectivity index (χ0n) is 8.18. The van der Waals surface area contributed by atoms with E-state index in [2.05, 4.69) is 31.9 Å². The van der Waals surface area contributed by atoms with Crippen molar-refractivity contribution in [2.75, 3.05) is 11.5 Å². The van der Waals surface area contributed by atoms with Gasteiger partial charge >= 0.3 is 12.4 Å². The van der Waals surface area contributed by atoms with Crippen molar-refractivity contribution in [3.05, 3.63) is 20.1 Å². The summed E-state index contributed by atoms with van der Waals surface area (Å²) in [6.45, 7) is 0. The van der Waals surface area contributed by atoms with Crippen molar-refractivity contribution in [2.24, 2.45) is 0 Å². The van der Waals surface area contributed by atoms with E-state index >= 15 is 0 Å². The van der Waals surface area contributed by atoms with Crippen LogP contribution in [0.3, 0.4) is 0 Å². The average molecular weight is 402 g/mol. The highest BCUT2D eigenvalue weighted by molar-refractivity contribution is 9.11. The van der Waals surface area contributed by atoms with Crippen molar-refractivity contribution in [3.63, 3.8) is 0 Å². The first kappa shape index (κ1) is 15.4. The zero-order valence-corrected chi connectivity index (χ0v) is 11.4. The number of rotatable bonds is 0. The van der Waals surface area contributed by atoms with E-state index in [9.17, 15) is 26.3 Å². The summed E-state index contributed by atoms with van der Waals surface area (Å²) in [5, 5.41) is 0. The van der Waals surface area contributed by atoms with Gasteiger partial charge in [-0.05, 0) is 31.9 Å². The molecule has 1 rings (SSSR count). The van der Waals surface area contributed by atoms with Gasteiger partial charge in [0.05, 0.1) is 31.4 Å². The molecule has 0 aromatic heterocycles. The fraction of sp³-hybridized carbons (Fsp3) is 0.250. The normalized spacial score (nSPS) is 12.9. The van der Waals surface area contributed by atoms with Crippen LogP contribution in [0.4, 0.5) is 37.7 Å². The number of alkyl halides is 6. The lowest BCUT2D eigenvalue weighted by molar-refractivity contribution is -0.162. The largest absolute Gasteiger partial charge is 0.418 e. The van der Waals surface area contributed by atoms with Crippen LogP contribution >= 0.6 is 31.9 Å². The summed E-state index contributed by atoms with van der Waals surface area (Å²) in [6, 6.07) is 0. The van der Waals surface area contributed by atoms with Crippen LogP contribution in [0.5, 0.6) is 0 Å². The van der Waals surface area contributed by atoms with E-state index in [1.807, 2.05) is 0 Å². The van der Waals surface area contributed by atoms with Crippen molar-refractivity contribution in [2.45, 2.75) is 12.4 Å².